The molecule has 84 valence electrons. The normalized spacial score (nSPS) is 35.6. The highest BCUT2D eigenvalue weighted by molar-refractivity contribution is 5.85. The van der Waals surface area contributed by atoms with Crippen LogP contribution in [0.1, 0.15) is 44.9 Å². The molecule has 0 amide bonds. The molecule has 1 aliphatic heterocycles. The van der Waals surface area contributed by atoms with Gasteiger partial charge in [0.25, 0.3) is 0 Å². The minimum absolute atomic E-state index is 0.113. The van der Waals surface area contributed by atoms with Crippen molar-refractivity contribution in [1.82, 2.24) is 5.32 Å². The summed E-state index contributed by atoms with van der Waals surface area (Å²) < 4.78 is 0. The molecule has 1 aliphatic carbocycles. The van der Waals surface area contributed by atoms with Gasteiger partial charge in [-0.2, -0.15) is 0 Å². The first-order valence-corrected chi connectivity index (χ1v) is 6.21. The molecule has 0 bridgehead atoms. The van der Waals surface area contributed by atoms with Crippen LogP contribution in [0.25, 0.3) is 0 Å². The number of carbonyl (C=O) groups is 1. The maximum absolute atomic E-state index is 11.7. The van der Waals surface area contributed by atoms with Gasteiger partial charge in [-0.1, -0.05) is 18.9 Å². The van der Waals surface area contributed by atoms with Crippen molar-refractivity contribution < 1.29 is 4.79 Å². The Bertz CT molecular complexity index is 249. The van der Waals surface area contributed by atoms with Crippen molar-refractivity contribution in [1.29, 1.82) is 0 Å². The first kappa shape index (κ1) is 10.9. The van der Waals surface area contributed by atoms with Gasteiger partial charge < -0.3 is 5.32 Å². The van der Waals surface area contributed by atoms with Crippen molar-refractivity contribution >= 4 is 5.78 Å². The molecule has 2 aliphatic rings. The smallest absolute Gasteiger partial charge is 0.153 e. The quantitative estimate of drug-likeness (QED) is 0.720. The van der Waals surface area contributed by atoms with E-state index in [1.807, 2.05) is 0 Å². The second-order valence-electron chi connectivity index (χ2n) is 4.91. The third-order valence-corrected chi connectivity index (χ3v) is 3.88. The van der Waals surface area contributed by atoms with E-state index < -0.39 is 0 Å². The molecule has 3 atom stereocenters. The number of nitrogens with one attached hydrogen (secondary N) is 1. The van der Waals surface area contributed by atoms with Crippen LogP contribution in [-0.2, 0) is 4.79 Å². The molecule has 0 aromatic carbocycles. The molecule has 0 spiro atoms. The van der Waals surface area contributed by atoms with Crippen LogP contribution in [0.15, 0.2) is 12.7 Å². The Kier molecular flexibility index (Phi) is 3.57. The number of Topliss-reactive ketones (excluding diaryl/α,β-unsaturated/α-hetero) is 1. The second kappa shape index (κ2) is 4.93. The van der Waals surface area contributed by atoms with E-state index in [1.165, 1.54) is 32.1 Å². The van der Waals surface area contributed by atoms with Gasteiger partial charge >= 0.3 is 0 Å². The molecule has 0 radical (unpaired) electrons. The summed E-state index contributed by atoms with van der Waals surface area (Å²) in [5.74, 6) is 1.17. The van der Waals surface area contributed by atoms with E-state index in [-0.39, 0.29) is 6.04 Å². The Morgan fingerprint density at radius 2 is 2.07 bits per heavy atom. The van der Waals surface area contributed by atoms with Crippen LogP contribution in [-0.4, -0.2) is 17.9 Å². The number of allylic oxidation sites excluding steroid dienone is 1. The van der Waals surface area contributed by atoms with E-state index in [1.54, 1.807) is 6.08 Å². The minimum Gasteiger partial charge on any atom is -0.304 e. The summed E-state index contributed by atoms with van der Waals surface area (Å²) in [4.78, 5) is 11.7. The molecule has 0 aromatic heterocycles. The van der Waals surface area contributed by atoms with E-state index in [0.29, 0.717) is 18.2 Å². The Morgan fingerprint density at radius 3 is 2.87 bits per heavy atom. The lowest BCUT2D eigenvalue weighted by Crippen LogP contribution is -2.51. The summed E-state index contributed by atoms with van der Waals surface area (Å²) >= 11 is 0. The Labute approximate surface area is 92.1 Å². The number of fused-ring (bicyclic) bond motifs is 1. The average molecular weight is 207 g/mol. The Morgan fingerprint density at radius 1 is 1.27 bits per heavy atom. The molecule has 2 fully saturated rings. The number of piperidine rings is 1. The van der Waals surface area contributed by atoms with Crippen LogP contribution in [0, 0.1) is 5.92 Å². The predicted octanol–water partition coefficient (Wildman–Crippen LogP) is 2.44. The predicted molar refractivity (Wildman–Crippen MR) is 61.7 cm³/mol. The summed E-state index contributed by atoms with van der Waals surface area (Å²) in [5, 5.41) is 3.54. The van der Waals surface area contributed by atoms with E-state index in [4.69, 9.17) is 0 Å². The summed E-state index contributed by atoms with van der Waals surface area (Å²) in [6, 6.07) is 0.730. The number of hydrogen-bond acceptors (Lipinski definition) is 2. The topological polar surface area (TPSA) is 29.1 Å². The molecular weight excluding hydrogens is 186 g/mol. The molecule has 1 heterocycles. The van der Waals surface area contributed by atoms with Gasteiger partial charge in [0.1, 0.15) is 0 Å². The largest absolute Gasteiger partial charge is 0.304 e. The number of rotatable bonds is 3. The van der Waals surface area contributed by atoms with Crippen molar-refractivity contribution in [3.05, 3.63) is 12.7 Å². The molecule has 2 nitrogen and oxygen atoms in total. The zero-order valence-electron chi connectivity index (χ0n) is 9.37. The summed E-state index contributed by atoms with van der Waals surface area (Å²) in [7, 11) is 0. The first-order valence-electron chi connectivity index (χ1n) is 6.21. The molecule has 1 N–H and O–H groups in total. The fourth-order valence-electron chi connectivity index (χ4n) is 3.03. The first-order chi connectivity index (χ1) is 7.31. The highest BCUT2D eigenvalue weighted by atomic mass is 16.1. The van der Waals surface area contributed by atoms with Crippen LogP contribution >= 0.6 is 0 Å². The van der Waals surface area contributed by atoms with Crippen LogP contribution in [0.3, 0.4) is 0 Å². The van der Waals surface area contributed by atoms with Gasteiger partial charge in [-0.05, 0) is 31.6 Å². The monoisotopic (exact) mass is 207 g/mol. The van der Waals surface area contributed by atoms with Crippen molar-refractivity contribution in [2.75, 3.05) is 0 Å². The Hall–Kier alpha value is -0.630. The number of ketones is 1. The van der Waals surface area contributed by atoms with Gasteiger partial charge in [0.05, 0.1) is 6.04 Å². The summed E-state index contributed by atoms with van der Waals surface area (Å²) in [5.41, 5.74) is 0. The molecule has 2 rings (SSSR count). The fourth-order valence-corrected chi connectivity index (χ4v) is 3.03. The fraction of sp³-hybridized carbons (Fsp3) is 0.769. The molecule has 2 heteroatoms. The zero-order valence-corrected chi connectivity index (χ0v) is 9.37. The van der Waals surface area contributed by atoms with Crippen molar-refractivity contribution in [2.24, 2.45) is 5.92 Å². The lowest BCUT2D eigenvalue weighted by Gasteiger charge is -2.39. The molecule has 3 unspecified atom stereocenters. The van der Waals surface area contributed by atoms with Gasteiger partial charge in [-0.3, -0.25) is 4.79 Å². The third kappa shape index (κ3) is 2.49. The highest BCUT2D eigenvalue weighted by Crippen LogP contribution is 2.32. The summed E-state index contributed by atoms with van der Waals surface area (Å²) in [6.07, 6.45) is 9.86. The van der Waals surface area contributed by atoms with Gasteiger partial charge in [-0.15, -0.1) is 6.58 Å². The number of hydrogen-bond donors (Lipinski definition) is 1. The molecular formula is C13H21NO. The van der Waals surface area contributed by atoms with Gasteiger partial charge in [0.15, 0.2) is 5.78 Å². The van der Waals surface area contributed by atoms with Gasteiger partial charge in [-0.25, -0.2) is 0 Å². The van der Waals surface area contributed by atoms with Crippen LogP contribution in [0.5, 0.6) is 0 Å². The van der Waals surface area contributed by atoms with Gasteiger partial charge in [0, 0.05) is 12.5 Å². The number of carbonyl (C=O) groups excluding carboxylic acids is 1. The Balaban J connectivity index is 1.90. The van der Waals surface area contributed by atoms with Crippen molar-refractivity contribution in [3.63, 3.8) is 0 Å². The highest BCUT2D eigenvalue weighted by Gasteiger charge is 2.33. The lowest BCUT2D eigenvalue weighted by atomic mass is 9.77. The van der Waals surface area contributed by atoms with Crippen LogP contribution in [0.4, 0.5) is 0 Å². The third-order valence-electron chi connectivity index (χ3n) is 3.88. The zero-order chi connectivity index (χ0) is 10.7. The average Bonchev–Trinajstić information content (AvgIpc) is 2.29. The van der Waals surface area contributed by atoms with Crippen molar-refractivity contribution in [3.8, 4) is 0 Å². The molecule has 15 heavy (non-hydrogen) atoms. The molecule has 1 saturated heterocycles. The summed E-state index contributed by atoms with van der Waals surface area (Å²) in [6.45, 7) is 3.63. The molecule has 1 saturated carbocycles. The lowest BCUT2D eigenvalue weighted by molar-refractivity contribution is -0.121. The maximum Gasteiger partial charge on any atom is 0.153 e. The van der Waals surface area contributed by atoms with E-state index in [2.05, 4.69) is 11.9 Å². The minimum atomic E-state index is 0.113. The van der Waals surface area contributed by atoms with Crippen LogP contribution < -0.4 is 5.32 Å². The van der Waals surface area contributed by atoms with E-state index >= 15 is 0 Å². The second-order valence-corrected chi connectivity index (χ2v) is 4.91. The van der Waals surface area contributed by atoms with Gasteiger partial charge in [0.2, 0.25) is 0 Å². The van der Waals surface area contributed by atoms with Crippen molar-refractivity contribution in [2.45, 2.75) is 57.0 Å². The van der Waals surface area contributed by atoms with Crippen LogP contribution in [0.2, 0.25) is 0 Å². The maximum atomic E-state index is 11.7. The SMILES string of the molecule is C=CCC(=O)C1CCC2CCCCC2N1. The van der Waals surface area contributed by atoms with E-state index in [9.17, 15) is 4.79 Å². The van der Waals surface area contributed by atoms with E-state index in [0.717, 1.165) is 12.3 Å². The molecule has 0 aromatic rings. The standard InChI is InChI=1S/C13H21NO/c1-2-5-13(15)12-9-8-10-6-3-4-7-11(10)14-12/h2,10-12,14H,1,3-9H2.